The van der Waals surface area contributed by atoms with E-state index < -0.39 is 0 Å². The minimum atomic E-state index is 0.486. The van der Waals surface area contributed by atoms with Gasteiger partial charge in [0.1, 0.15) is 0 Å². The number of hydrogen-bond donors (Lipinski definition) is 1. The van der Waals surface area contributed by atoms with E-state index in [4.69, 9.17) is 5.73 Å². The summed E-state index contributed by atoms with van der Waals surface area (Å²) in [7, 11) is 2.12. The Labute approximate surface area is 83.1 Å². The Morgan fingerprint density at radius 1 is 1.54 bits per heavy atom. The van der Waals surface area contributed by atoms with Crippen LogP contribution in [0.1, 0.15) is 0 Å². The van der Waals surface area contributed by atoms with Crippen molar-refractivity contribution in [2.24, 2.45) is 5.73 Å². The highest BCUT2D eigenvalue weighted by atomic mass is 32.2. The zero-order valence-electron chi connectivity index (χ0n) is 7.73. The topological polar surface area (TPSA) is 29.3 Å². The van der Waals surface area contributed by atoms with Crippen molar-refractivity contribution in [3.05, 3.63) is 24.3 Å². The molecule has 0 amide bonds. The molecule has 0 spiro atoms. The smallest absolute Gasteiger partial charge is 0.0505 e. The number of hydrogen-bond acceptors (Lipinski definition) is 3. The summed E-state index contributed by atoms with van der Waals surface area (Å²) >= 11 is 1.90. The first-order chi connectivity index (χ1) is 6.33. The van der Waals surface area contributed by atoms with Crippen LogP contribution in [0.2, 0.25) is 0 Å². The molecule has 70 valence electrons. The summed E-state index contributed by atoms with van der Waals surface area (Å²) in [5.74, 6) is 1.10. The van der Waals surface area contributed by atoms with Crippen LogP contribution < -0.4 is 10.6 Å². The Balaban J connectivity index is 2.33. The van der Waals surface area contributed by atoms with Gasteiger partial charge < -0.3 is 10.6 Å². The summed E-state index contributed by atoms with van der Waals surface area (Å²) in [4.78, 5) is 3.65. The standard InChI is InChI=1S/C10H14N2S/c1-12-8(6-11)7-13-10-5-3-2-4-9(10)12/h2-5,8H,6-7,11H2,1H3. The number of benzene rings is 1. The Morgan fingerprint density at radius 2 is 2.31 bits per heavy atom. The molecule has 3 heteroatoms. The number of fused-ring (bicyclic) bond motifs is 1. The highest BCUT2D eigenvalue weighted by molar-refractivity contribution is 7.99. The maximum absolute atomic E-state index is 5.70. The van der Waals surface area contributed by atoms with Gasteiger partial charge in [0.2, 0.25) is 0 Å². The fourth-order valence-electron chi connectivity index (χ4n) is 1.59. The number of rotatable bonds is 1. The summed E-state index contributed by atoms with van der Waals surface area (Å²) in [6.45, 7) is 0.734. The molecule has 0 radical (unpaired) electrons. The van der Waals surface area contributed by atoms with Crippen LogP contribution in [-0.2, 0) is 0 Å². The van der Waals surface area contributed by atoms with Crippen LogP contribution in [0.25, 0.3) is 0 Å². The molecule has 0 aliphatic carbocycles. The molecular weight excluding hydrogens is 180 g/mol. The summed E-state index contributed by atoms with van der Waals surface area (Å²) in [6, 6.07) is 8.98. The first-order valence-electron chi connectivity index (χ1n) is 4.47. The number of nitrogens with two attached hydrogens (primary N) is 1. The summed E-state index contributed by atoms with van der Waals surface area (Å²) in [6.07, 6.45) is 0. The fourth-order valence-corrected chi connectivity index (χ4v) is 2.86. The summed E-state index contributed by atoms with van der Waals surface area (Å²) < 4.78 is 0. The second-order valence-electron chi connectivity index (χ2n) is 3.28. The fraction of sp³-hybridized carbons (Fsp3) is 0.400. The molecule has 1 aliphatic heterocycles. The summed E-state index contributed by atoms with van der Waals surface area (Å²) in [5, 5.41) is 0. The predicted octanol–water partition coefficient (Wildman–Crippen LogP) is 1.56. The van der Waals surface area contributed by atoms with Crippen LogP contribution in [0.15, 0.2) is 29.2 Å². The van der Waals surface area contributed by atoms with E-state index in [1.165, 1.54) is 10.6 Å². The van der Waals surface area contributed by atoms with Crippen molar-refractivity contribution < 1.29 is 0 Å². The SMILES string of the molecule is CN1c2ccccc2SCC1CN. The van der Waals surface area contributed by atoms with E-state index >= 15 is 0 Å². The average molecular weight is 194 g/mol. The Kier molecular flexibility index (Phi) is 2.47. The molecule has 1 unspecified atom stereocenters. The second-order valence-corrected chi connectivity index (χ2v) is 4.34. The predicted molar refractivity (Wildman–Crippen MR) is 58.4 cm³/mol. The molecule has 0 aromatic heterocycles. The molecule has 0 bridgehead atoms. The highest BCUT2D eigenvalue weighted by Crippen LogP contribution is 2.35. The van der Waals surface area contributed by atoms with E-state index in [9.17, 15) is 0 Å². The molecule has 13 heavy (non-hydrogen) atoms. The minimum Gasteiger partial charge on any atom is -0.369 e. The molecule has 1 atom stereocenters. The largest absolute Gasteiger partial charge is 0.369 e. The molecule has 1 heterocycles. The number of nitrogens with zero attached hydrogens (tertiary/aromatic N) is 1. The molecule has 1 aromatic carbocycles. The Hall–Kier alpha value is -0.670. The lowest BCUT2D eigenvalue weighted by Gasteiger charge is -2.34. The van der Waals surface area contributed by atoms with Gasteiger partial charge in [0, 0.05) is 24.2 Å². The third-order valence-corrected chi connectivity index (χ3v) is 3.70. The third-order valence-electron chi connectivity index (χ3n) is 2.50. The van der Waals surface area contributed by atoms with E-state index in [1.54, 1.807) is 0 Å². The van der Waals surface area contributed by atoms with Gasteiger partial charge in [-0.05, 0) is 12.1 Å². The number of para-hydroxylation sites is 1. The number of anilines is 1. The normalized spacial score (nSPS) is 21.4. The molecule has 2 rings (SSSR count). The summed E-state index contributed by atoms with van der Waals surface area (Å²) in [5.41, 5.74) is 7.01. The lowest BCUT2D eigenvalue weighted by Crippen LogP contribution is -2.42. The second kappa shape index (κ2) is 3.60. The molecule has 2 nitrogen and oxygen atoms in total. The lowest BCUT2D eigenvalue weighted by molar-refractivity contribution is 0.692. The first-order valence-corrected chi connectivity index (χ1v) is 5.46. The van der Waals surface area contributed by atoms with Crippen molar-refractivity contribution >= 4 is 17.4 Å². The van der Waals surface area contributed by atoms with Gasteiger partial charge >= 0.3 is 0 Å². The van der Waals surface area contributed by atoms with Gasteiger partial charge in [0.25, 0.3) is 0 Å². The van der Waals surface area contributed by atoms with Crippen molar-refractivity contribution in [1.82, 2.24) is 0 Å². The van der Waals surface area contributed by atoms with E-state index in [0.29, 0.717) is 6.04 Å². The van der Waals surface area contributed by atoms with Gasteiger partial charge in [-0.2, -0.15) is 0 Å². The Morgan fingerprint density at radius 3 is 3.08 bits per heavy atom. The maximum Gasteiger partial charge on any atom is 0.0505 e. The highest BCUT2D eigenvalue weighted by Gasteiger charge is 2.21. The molecule has 1 aromatic rings. The van der Waals surface area contributed by atoms with Gasteiger partial charge in [-0.15, -0.1) is 11.8 Å². The van der Waals surface area contributed by atoms with Crippen molar-refractivity contribution in [1.29, 1.82) is 0 Å². The van der Waals surface area contributed by atoms with Crippen molar-refractivity contribution in [3.63, 3.8) is 0 Å². The van der Waals surface area contributed by atoms with Crippen LogP contribution >= 0.6 is 11.8 Å². The molecule has 1 aliphatic rings. The van der Waals surface area contributed by atoms with E-state index in [1.807, 2.05) is 11.8 Å². The number of thioether (sulfide) groups is 1. The zero-order valence-corrected chi connectivity index (χ0v) is 8.55. The molecule has 0 fully saturated rings. The van der Waals surface area contributed by atoms with Crippen molar-refractivity contribution in [2.45, 2.75) is 10.9 Å². The molecule has 0 saturated heterocycles. The van der Waals surface area contributed by atoms with Gasteiger partial charge in [-0.25, -0.2) is 0 Å². The van der Waals surface area contributed by atoms with Gasteiger partial charge in [-0.1, -0.05) is 12.1 Å². The van der Waals surface area contributed by atoms with Crippen LogP contribution in [0.5, 0.6) is 0 Å². The van der Waals surface area contributed by atoms with Gasteiger partial charge in [-0.3, -0.25) is 0 Å². The van der Waals surface area contributed by atoms with Gasteiger partial charge in [0.15, 0.2) is 0 Å². The van der Waals surface area contributed by atoms with Gasteiger partial charge in [0.05, 0.1) is 11.7 Å². The zero-order chi connectivity index (χ0) is 9.26. The van der Waals surface area contributed by atoms with E-state index in [0.717, 1.165) is 12.3 Å². The molecule has 0 saturated carbocycles. The van der Waals surface area contributed by atoms with Crippen molar-refractivity contribution in [3.8, 4) is 0 Å². The first kappa shape index (κ1) is 8.91. The lowest BCUT2D eigenvalue weighted by atomic mass is 10.2. The van der Waals surface area contributed by atoms with E-state index in [2.05, 4.69) is 36.2 Å². The minimum absolute atomic E-state index is 0.486. The van der Waals surface area contributed by atoms with Crippen LogP contribution in [0.3, 0.4) is 0 Å². The van der Waals surface area contributed by atoms with Crippen molar-refractivity contribution in [2.75, 3.05) is 24.2 Å². The molecular formula is C10H14N2S. The maximum atomic E-state index is 5.70. The Bertz CT molecular complexity index is 301. The number of likely N-dealkylation sites (N-methyl/N-ethyl adjacent to an activating group) is 1. The third kappa shape index (κ3) is 1.54. The van der Waals surface area contributed by atoms with Crippen LogP contribution in [0, 0.1) is 0 Å². The van der Waals surface area contributed by atoms with Crippen LogP contribution in [-0.4, -0.2) is 25.4 Å². The quantitative estimate of drug-likeness (QED) is 0.735. The monoisotopic (exact) mass is 194 g/mol. The van der Waals surface area contributed by atoms with E-state index in [-0.39, 0.29) is 0 Å². The average Bonchev–Trinajstić information content (AvgIpc) is 2.19. The van der Waals surface area contributed by atoms with Crippen LogP contribution in [0.4, 0.5) is 5.69 Å². The molecule has 2 N–H and O–H groups in total.